The van der Waals surface area contributed by atoms with Gasteiger partial charge in [-0.05, 0) is 42.7 Å². The van der Waals surface area contributed by atoms with E-state index in [0.717, 1.165) is 29.9 Å². The largest absolute Gasteiger partial charge is 0.497 e. The van der Waals surface area contributed by atoms with Gasteiger partial charge in [-0.3, -0.25) is 0 Å². The molecule has 0 aromatic heterocycles. The van der Waals surface area contributed by atoms with Crippen molar-refractivity contribution in [1.29, 1.82) is 0 Å². The van der Waals surface area contributed by atoms with E-state index in [4.69, 9.17) is 19.9 Å². The number of nitrogen functional groups attached to an aromatic ring is 1. The normalized spacial score (nSPS) is 10.7. The van der Waals surface area contributed by atoms with Gasteiger partial charge >= 0.3 is 0 Å². The molecule has 0 aliphatic rings. The second-order valence-corrected chi connectivity index (χ2v) is 5.08. The van der Waals surface area contributed by atoms with Gasteiger partial charge in [0.25, 0.3) is 0 Å². The highest BCUT2D eigenvalue weighted by molar-refractivity contribution is 5.52. The van der Waals surface area contributed by atoms with Gasteiger partial charge < -0.3 is 19.9 Å². The van der Waals surface area contributed by atoms with Gasteiger partial charge in [0, 0.05) is 11.8 Å². The van der Waals surface area contributed by atoms with Crippen LogP contribution in [0.1, 0.15) is 18.4 Å². The van der Waals surface area contributed by atoms with Crippen molar-refractivity contribution in [1.82, 2.24) is 0 Å². The van der Waals surface area contributed by atoms with Crippen LogP contribution < -0.4 is 19.9 Å². The predicted octanol–water partition coefficient (Wildman–Crippen LogP) is 4.16. The van der Waals surface area contributed by atoms with E-state index in [1.807, 2.05) is 30.3 Å². The van der Waals surface area contributed by atoms with Crippen LogP contribution in [0.3, 0.4) is 0 Å². The second-order valence-electron chi connectivity index (χ2n) is 5.08. The van der Waals surface area contributed by atoms with Crippen LogP contribution in [0, 0.1) is 0 Å². The zero-order chi connectivity index (χ0) is 16.5. The van der Waals surface area contributed by atoms with Crippen LogP contribution in [0.15, 0.2) is 48.5 Å². The SMILES string of the molecule is COc1ccc(/C=C/CCCOc2ccc(N)cc2OC)cc1. The van der Waals surface area contributed by atoms with Crippen LogP contribution in [0.5, 0.6) is 17.2 Å². The highest BCUT2D eigenvalue weighted by Crippen LogP contribution is 2.29. The lowest BCUT2D eigenvalue weighted by Crippen LogP contribution is -1.99. The molecule has 0 spiro atoms. The molecular weight excluding hydrogens is 290 g/mol. The van der Waals surface area contributed by atoms with Crippen molar-refractivity contribution >= 4 is 11.8 Å². The quantitative estimate of drug-likeness (QED) is 0.587. The van der Waals surface area contributed by atoms with Crippen molar-refractivity contribution in [2.75, 3.05) is 26.6 Å². The monoisotopic (exact) mass is 313 g/mol. The van der Waals surface area contributed by atoms with E-state index in [-0.39, 0.29) is 0 Å². The van der Waals surface area contributed by atoms with Gasteiger partial charge in [0.05, 0.1) is 20.8 Å². The minimum Gasteiger partial charge on any atom is -0.497 e. The molecule has 0 atom stereocenters. The van der Waals surface area contributed by atoms with E-state index in [1.54, 1.807) is 26.4 Å². The summed E-state index contributed by atoms with van der Waals surface area (Å²) < 4.78 is 16.1. The number of ether oxygens (including phenoxy) is 3. The van der Waals surface area contributed by atoms with Crippen molar-refractivity contribution in [3.63, 3.8) is 0 Å². The third-order valence-corrected chi connectivity index (χ3v) is 3.39. The first kappa shape index (κ1) is 16.7. The number of benzene rings is 2. The Hall–Kier alpha value is -2.62. The average molecular weight is 313 g/mol. The molecule has 2 aromatic carbocycles. The van der Waals surface area contributed by atoms with Crippen LogP contribution in [0.25, 0.3) is 6.08 Å². The van der Waals surface area contributed by atoms with Gasteiger partial charge in [0.1, 0.15) is 5.75 Å². The Morgan fingerprint density at radius 1 is 0.957 bits per heavy atom. The Bertz CT molecular complexity index is 636. The Balaban J connectivity index is 1.74. The average Bonchev–Trinajstić information content (AvgIpc) is 2.59. The molecular formula is C19H23NO3. The van der Waals surface area contributed by atoms with E-state index in [0.29, 0.717) is 18.0 Å². The van der Waals surface area contributed by atoms with Crippen LogP contribution in [0.2, 0.25) is 0 Å². The highest BCUT2D eigenvalue weighted by atomic mass is 16.5. The van der Waals surface area contributed by atoms with Gasteiger partial charge in [0.2, 0.25) is 0 Å². The van der Waals surface area contributed by atoms with Crippen LogP contribution >= 0.6 is 0 Å². The molecule has 0 saturated heterocycles. The maximum Gasteiger partial charge on any atom is 0.162 e. The smallest absolute Gasteiger partial charge is 0.162 e. The Morgan fingerprint density at radius 2 is 1.74 bits per heavy atom. The molecule has 0 fully saturated rings. The number of methoxy groups -OCH3 is 2. The molecule has 4 heteroatoms. The van der Waals surface area contributed by atoms with Gasteiger partial charge in [-0.2, -0.15) is 0 Å². The van der Waals surface area contributed by atoms with E-state index in [2.05, 4.69) is 12.2 Å². The standard InChI is InChI=1S/C19H23NO3/c1-21-17-10-7-15(8-11-17)6-4-3-5-13-23-18-12-9-16(20)14-19(18)22-2/h4,6-12,14H,3,5,13,20H2,1-2H3/b6-4+. The second kappa shape index (κ2) is 8.73. The predicted molar refractivity (Wildman–Crippen MR) is 94.2 cm³/mol. The highest BCUT2D eigenvalue weighted by Gasteiger charge is 2.03. The maximum absolute atomic E-state index is 5.73. The van der Waals surface area contributed by atoms with Crippen molar-refractivity contribution in [2.45, 2.75) is 12.8 Å². The summed E-state index contributed by atoms with van der Waals surface area (Å²) in [6, 6.07) is 13.4. The molecule has 2 aromatic rings. The molecule has 122 valence electrons. The van der Waals surface area contributed by atoms with E-state index in [1.165, 1.54) is 0 Å². The molecule has 0 saturated carbocycles. The summed E-state index contributed by atoms with van der Waals surface area (Å²) in [6.45, 7) is 0.632. The number of hydrogen-bond donors (Lipinski definition) is 1. The zero-order valence-corrected chi connectivity index (χ0v) is 13.6. The molecule has 4 nitrogen and oxygen atoms in total. The van der Waals surface area contributed by atoms with E-state index >= 15 is 0 Å². The van der Waals surface area contributed by atoms with Gasteiger partial charge in [-0.25, -0.2) is 0 Å². The summed E-state index contributed by atoms with van der Waals surface area (Å²) in [5.41, 5.74) is 7.54. The summed E-state index contributed by atoms with van der Waals surface area (Å²) in [6.07, 6.45) is 6.12. The van der Waals surface area contributed by atoms with Gasteiger partial charge in [-0.15, -0.1) is 0 Å². The van der Waals surface area contributed by atoms with Crippen LogP contribution in [-0.2, 0) is 0 Å². The number of rotatable bonds is 8. The molecule has 2 N–H and O–H groups in total. The van der Waals surface area contributed by atoms with Crippen molar-refractivity contribution < 1.29 is 14.2 Å². The third kappa shape index (κ3) is 5.25. The van der Waals surface area contributed by atoms with E-state index in [9.17, 15) is 0 Å². The lowest BCUT2D eigenvalue weighted by Gasteiger charge is -2.10. The summed E-state index contributed by atoms with van der Waals surface area (Å²) >= 11 is 0. The summed E-state index contributed by atoms with van der Waals surface area (Å²) in [4.78, 5) is 0. The first-order chi connectivity index (χ1) is 11.2. The first-order valence-corrected chi connectivity index (χ1v) is 7.60. The molecule has 0 aliphatic heterocycles. The third-order valence-electron chi connectivity index (χ3n) is 3.39. The molecule has 0 bridgehead atoms. The number of allylic oxidation sites excluding steroid dienone is 1. The van der Waals surface area contributed by atoms with Crippen molar-refractivity contribution in [2.24, 2.45) is 0 Å². The lowest BCUT2D eigenvalue weighted by atomic mass is 10.2. The molecule has 2 rings (SSSR count). The molecule has 23 heavy (non-hydrogen) atoms. The topological polar surface area (TPSA) is 53.7 Å². The van der Waals surface area contributed by atoms with Crippen molar-refractivity contribution in [3.05, 3.63) is 54.1 Å². The lowest BCUT2D eigenvalue weighted by molar-refractivity contribution is 0.290. The minimum atomic E-state index is 0.632. The summed E-state index contributed by atoms with van der Waals surface area (Å²) in [7, 11) is 3.28. The number of nitrogens with two attached hydrogens (primary N) is 1. The van der Waals surface area contributed by atoms with Crippen LogP contribution in [-0.4, -0.2) is 20.8 Å². The number of unbranched alkanes of at least 4 members (excludes halogenated alkanes) is 1. The fraction of sp³-hybridized carbons (Fsp3) is 0.263. The maximum atomic E-state index is 5.73. The molecule has 0 amide bonds. The summed E-state index contributed by atoms with van der Waals surface area (Å²) in [5, 5.41) is 0. The molecule has 0 radical (unpaired) electrons. The number of anilines is 1. The first-order valence-electron chi connectivity index (χ1n) is 7.60. The van der Waals surface area contributed by atoms with Gasteiger partial charge in [-0.1, -0.05) is 24.3 Å². The molecule has 0 aliphatic carbocycles. The van der Waals surface area contributed by atoms with E-state index < -0.39 is 0 Å². The minimum absolute atomic E-state index is 0.632. The Morgan fingerprint density at radius 3 is 2.43 bits per heavy atom. The summed E-state index contributed by atoms with van der Waals surface area (Å²) in [5.74, 6) is 2.26. The van der Waals surface area contributed by atoms with Crippen molar-refractivity contribution in [3.8, 4) is 17.2 Å². The molecule has 0 unspecified atom stereocenters. The van der Waals surface area contributed by atoms with Gasteiger partial charge in [0.15, 0.2) is 11.5 Å². The molecule has 0 heterocycles. The van der Waals surface area contributed by atoms with Crippen LogP contribution in [0.4, 0.5) is 5.69 Å². The Labute approximate surface area is 137 Å². The Kier molecular flexibility index (Phi) is 6.36. The number of hydrogen-bond acceptors (Lipinski definition) is 4. The fourth-order valence-electron chi connectivity index (χ4n) is 2.12. The zero-order valence-electron chi connectivity index (χ0n) is 13.6. The fourth-order valence-corrected chi connectivity index (χ4v) is 2.12.